The van der Waals surface area contributed by atoms with Gasteiger partial charge in [0.05, 0.1) is 6.04 Å². The van der Waals surface area contributed by atoms with Crippen molar-refractivity contribution in [2.24, 2.45) is 0 Å². The standard InChI is InChI=1S/C22H18N4/c1-2-10-20(11-3-1)26(21-12-4-5-15-25-21)22(18-8-6-13-23-16-18)19-9-7-14-24-17-19/h1-17,22H. The third kappa shape index (κ3) is 3.30. The summed E-state index contributed by atoms with van der Waals surface area (Å²) >= 11 is 0. The van der Waals surface area contributed by atoms with Crippen LogP contribution in [0.25, 0.3) is 0 Å². The number of nitrogens with zero attached hydrogens (tertiary/aromatic N) is 4. The van der Waals surface area contributed by atoms with Crippen molar-refractivity contribution in [3.05, 3.63) is 115 Å². The molecule has 0 unspecified atom stereocenters. The molecule has 0 fully saturated rings. The molecule has 0 bridgehead atoms. The number of hydrogen-bond donors (Lipinski definition) is 0. The van der Waals surface area contributed by atoms with Crippen molar-refractivity contribution < 1.29 is 0 Å². The molecule has 1 aromatic carbocycles. The molecule has 0 atom stereocenters. The Morgan fingerprint density at radius 2 is 1.27 bits per heavy atom. The van der Waals surface area contributed by atoms with E-state index in [0.29, 0.717) is 0 Å². The Morgan fingerprint density at radius 1 is 0.615 bits per heavy atom. The van der Waals surface area contributed by atoms with E-state index in [9.17, 15) is 0 Å². The lowest BCUT2D eigenvalue weighted by molar-refractivity contribution is 0.796. The van der Waals surface area contributed by atoms with E-state index < -0.39 is 0 Å². The molecule has 0 aliphatic heterocycles. The van der Waals surface area contributed by atoms with Gasteiger partial charge >= 0.3 is 0 Å². The fraction of sp³-hybridized carbons (Fsp3) is 0.0455. The van der Waals surface area contributed by atoms with Crippen molar-refractivity contribution in [2.45, 2.75) is 6.04 Å². The molecule has 3 heterocycles. The maximum absolute atomic E-state index is 4.61. The topological polar surface area (TPSA) is 41.9 Å². The van der Waals surface area contributed by atoms with Crippen molar-refractivity contribution in [3.8, 4) is 0 Å². The molecule has 4 heteroatoms. The minimum atomic E-state index is -0.0882. The van der Waals surface area contributed by atoms with Gasteiger partial charge in [-0.1, -0.05) is 36.4 Å². The smallest absolute Gasteiger partial charge is 0.133 e. The van der Waals surface area contributed by atoms with E-state index in [1.807, 2.05) is 67.1 Å². The summed E-state index contributed by atoms with van der Waals surface area (Å²) in [5.74, 6) is 0.872. The first-order chi connectivity index (χ1) is 12.9. The van der Waals surface area contributed by atoms with Crippen LogP contribution in [0.1, 0.15) is 17.2 Å². The molecule has 4 nitrogen and oxygen atoms in total. The number of anilines is 2. The first-order valence-electron chi connectivity index (χ1n) is 8.48. The number of para-hydroxylation sites is 1. The average molecular weight is 338 g/mol. The molecule has 0 saturated heterocycles. The maximum atomic E-state index is 4.61. The third-order valence-corrected chi connectivity index (χ3v) is 4.19. The van der Waals surface area contributed by atoms with E-state index in [-0.39, 0.29) is 6.04 Å². The molecule has 0 spiro atoms. The molecular weight excluding hydrogens is 320 g/mol. The summed E-state index contributed by atoms with van der Waals surface area (Å²) in [5, 5.41) is 0. The fourth-order valence-corrected chi connectivity index (χ4v) is 3.06. The van der Waals surface area contributed by atoms with E-state index in [4.69, 9.17) is 0 Å². The zero-order chi connectivity index (χ0) is 17.6. The van der Waals surface area contributed by atoms with Gasteiger partial charge in [-0.15, -0.1) is 0 Å². The van der Waals surface area contributed by atoms with Gasteiger partial charge < -0.3 is 4.90 Å². The highest BCUT2D eigenvalue weighted by Gasteiger charge is 2.25. The monoisotopic (exact) mass is 338 g/mol. The molecular formula is C22H18N4. The lowest BCUT2D eigenvalue weighted by Crippen LogP contribution is -2.26. The predicted molar refractivity (Wildman–Crippen MR) is 103 cm³/mol. The van der Waals surface area contributed by atoms with Crippen LogP contribution in [0, 0.1) is 0 Å². The van der Waals surface area contributed by atoms with Gasteiger partial charge in [0.15, 0.2) is 0 Å². The highest BCUT2D eigenvalue weighted by atomic mass is 15.2. The zero-order valence-corrected chi connectivity index (χ0v) is 14.2. The highest BCUT2D eigenvalue weighted by Crippen LogP contribution is 2.37. The van der Waals surface area contributed by atoms with Crippen molar-refractivity contribution in [1.82, 2.24) is 15.0 Å². The molecule has 4 aromatic rings. The van der Waals surface area contributed by atoms with E-state index >= 15 is 0 Å². The van der Waals surface area contributed by atoms with Crippen LogP contribution >= 0.6 is 0 Å². The van der Waals surface area contributed by atoms with E-state index in [1.165, 1.54) is 0 Å². The van der Waals surface area contributed by atoms with Crippen LogP contribution in [-0.2, 0) is 0 Å². The number of pyridine rings is 3. The second kappa shape index (κ2) is 7.57. The van der Waals surface area contributed by atoms with Crippen molar-refractivity contribution in [2.75, 3.05) is 4.90 Å². The van der Waals surface area contributed by atoms with Crippen LogP contribution in [0.5, 0.6) is 0 Å². The van der Waals surface area contributed by atoms with Gasteiger partial charge in [0.1, 0.15) is 5.82 Å². The van der Waals surface area contributed by atoms with Gasteiger partial charge in [0.2, 0.25) is 0 Å². The maximum Gasteiger partial charge on any atom is 0.133 e. The summed E-state index contributed by atoms with van der Waals surface area (Å²) in [7, 11) is 0. The Bertz CT molecular complexity index is 769. The summed E-state index contributed by atoms with van der Waals surface area (Å²) in [6, 6.07) is 24.2. The van der Waals surface area contributed by atoms with E-state index in [0.717, 1.165) is 22.6 Å². The summed E-state index contributed by atoms with van der Waals surface area (Å²) in [6.45, 7) is 0. The first kappa shape index (κ1) is 16.0. The Hall–Kier alpha value is -3.53. The largest absolute Gasteiger partial charge is 0.315 e. The molecule has 126 valence electrons. The van der Waals surface area contributed by atoms with E-state index in [1.54, 1.807) is 12.4 Å². The lowest BCUT2D eigenvalue weighted by Gasteiger charge is -2.33. The molecule has 0 N–H and O–H groups in total. The van der Waals surface area contributed by atoms with Crippen molar-refractivity contribution in [3.63, 3.8) is 0 Å². The zero-order valence-electron chi connectivity index (χ0n) is 14.2. The predicted octanol–water partition coefficient (Wildman–Crippen LogP) is 4.80. The van der Waals surface area contributed by atoms with Crippen molar-refractivity contribution in [1.29, 1.82) is 0 Å². The third-order valence-electron chi connectivity index (χ3n) is 4.19. The van der Waals surface area contributed by atoms with Gasteiger partial charge in [-0.2, -0.15) is 0 Å². The Kier molecular flexibility index (Phi) is 4.65. The van der Waals surface area contributed by atoms with Crippen LogP contribution in [0.2, 0.25) is 0 Å². The van der Waals surface area contributed by atoms with E-state index in [2.05, 4.69) is 44.1 Å². The van der Waals surface area contributed by atoms with Crippen molar-refractivity contribution >= 4 is 11.5 Å². The van der Waals surface area contributed by atoms with Crippen LogP contribution < -0.4 is 4.90 Å². The Balaban J connectivity index is 1.93. The summed E-state index contributed by atoms with van der Waals surface area (Å²) in [6.07, 6.45) is 9.19. The van der Waals surface area contributed by atoms with Crippen LogP contribution in [-0.4, -0.2) is 15.0 Å². The molecule has 4 rings (SSSR count). The van der Waals surface area contributed by atoms with Crippen LogP contribution in [0.15, 0.2) is 104 Å². The summed E-state index contributed by atoms with van der Waals surface area (Å²) in [5.41, 5.74) is 3.22. The molecule has 0 aliphatic rings. The second-order valence-electron chi connectivity index (χ2n) is 5.87. The summed E-state index contributed by atoms with van der Waals surface area (Å²) < 4.78 is 0. The molecule has 3 aromatic heterocycles. The first-order valence-corrected chi connectivity index (χ1v) is 8.48. The van der Waals surface area contributed by atoms with Crippen LogP contribution in [0.4, 0.5) is 11.5 Å². The van der Waals surface area contributed by atoms with Gasteiger partial charge in [-0.3, -0.25) is 9.97 Å². The number of aromatic nitrogens is 3. The fourth-order valence-electron chi connectivity index (χ4n) is 3.06. The molecule has 0 saturated carbocycles. The average Bonchev–Trinajstić information content (AvgIpc) is 2.74. The van der Waals surface area contributed by atoms with Gasteiger partial charge in [-0.25, -0.2) is 4.98 Å². The number of rotatable bonds is 5. The lowest BCUT2D eigenvalue weighted by atomic mass is 9.99. The molecule has 0 aliphatic carbocycles. The highest BCUT2D eigenvalue weighted by molar-refractivity contribution is 5.63. The number of hydrogen-bond acceptors (Lipinski definition) is 4. The summed E-state index contributed by atoms with van der Waals surface area (Å²) in [4.78, 5) is 15.5. The molecule has 0 radical (unpaired) electrons. The second-order valence-corrected chi connectivity index (χ2v) is 5.87. The number of benzene rings is 1. The molecule has 26 heavy (non-hydrogen) atoms. The normalized spacial score (nSPS) is 10.7. The van der Waals surface area contributed by atoms with Gasteiger partial charge in [0, 0.05) is 36.7 Å². The Morgan fingerprint density at radius 3 is 1.81 bits per heavy atom. The Labute approximate surface area is 152 Å². The van der Waals surface area contributed by atoms with Gasteiger partial charge in [-0.05, 0) is 47.5 Å². The SMILES string of the molecule is c1ccc(N(c2ccccn2)C(c2cccnc2)c2cccnc2)cc1. The quantitative estimate of drug-likeness (QED) is 0.524. The minimum Gasteiger partial charge on any atom is -0.315 e. The minimum absolute atomic E-state index is 0.0882. The van der Waals surface area contributed by atoms with Crippen LogP contribution in [0.3, 0.4) is 0 Å². The van der Waals surface area contributed by atoms with Gasteiger partial charge in [0.25, 0.3) is 0 Å². The molecule has 0 amide bonds.